The minimum absolute atomic E-state index is 0.0593. The van der Waals surface area contributed by atoms with Crippen LogP contribution in [0.25, 0.3) is 0 Å². The van der Waals surface area contributed by atoms with Gasteiger partial charge in [-0.05, 0) is 12.3 Å². The van der Waals surface area contributed by atoms with Crippen LogP contribution in [0.3, 0.4) is 0 Å². The third-order valence-electron chi connectivity index (χ3n) is 2.75. The summed E-state index contributed by atoms with van der Waals surface area (Å²) in [6.45, 7) is 9.98. The summed E-state index contributed by atoms with van der Waals surface area (Å²) in [6, 6.07) is 0. The van der Waals surface area contributed by atoms with E-state index in [1.165, 1.54) is 0 Å². The Kier molecular flexibility index (Phi) is 4.17. The van der Waals surface area contributed by atoms with Crippen molar-refractivity contribution in [3.63, 3.8) is 0 Å². The van der Waals surface area contributed by atoms with Gasteiger partial charge < -0.3 is 0 Å². The molecule has 0 aliphatic heterocycles. The summed E-state index contributed by atoms with van der Waals surface area (Å²) >= 11 is 0. The molecule has 0 fully saturated rings. The van der Waals surface area contributed by atoms with E-state index in [0.29, 0.717) is 0 Å². The molecule has 0 N–H and O–H groups in total. The average Bonchev–Trinajstić information content (AvgIpc) is 1.86. The maximum Gasteiger partial charge on any atom is 0.131 e. The number of rotatable bonds is 4. The molecule has 2 unspecified atom stereocenters. The Bertz CT molecular complexity index is 139. The van der Waals surface area contributed by atoms with Gasteiger partial charge in [-0.3, -0.25) is 0 Å². The van der Waals surface area contributed by atoms with Gasteiger partial charge in [0.2, 0.25) is 0 Å². The fourth-order valence-electron chi connectivity index (χ4n) is 1.60. The monoisotopic (exact) mass is 192 g/mol. The molecule has 0 nitrogen and oxygen atoms in total. The standard InChI is InChI=1S/C10H22FP/c1-6-7-9(4,5)10(11,12)8(2)3/h8H,6-7,12H2,1-5H3. The van der Waals surface area contributed by atoms with E-state index >= 15 is 0 Å². The lowest BCUT2D eigenvalue weighted by molar-refractivity contribution is 0.0531. The second-order valence-corrected chi connectivity index (χ2v) is 5.40. The van der Waals surface area contributed by atoms with Crippen molar-refractivity contribution < 1.29 is 4.39 Å². The molecule has 0 saturated heterocycles. The van der Waals surface area contributed by atoms with Crippen LogP contribution in [-0.4, -0.2) is 5.41 Å². The summed E-state index contributed by atoms with van der Waals surface area (Å²) in [4.78, 5) is 0. The van der Waals surface area contributed by atoms with Crippen LogP contribution in [0.15, 0.2) is 0 Å². The van der Waals surface area contributed by atoms with Gasteiger partial charge in [-0.15, -0.1) is 0 Å². The Labute approximate surface area is 78.5 Å². The number of halogens is 1. The molecule has 0 aliphatic carbocycles. The molecule has 0 aliphatic rings. The van der Waals surface area contributed by atoms with Gasteiger partial charge in [-0.25, -0.2) is 4.39 Å². The highest BCUT2D eigenvalue weighted by atomic mass is 31.0. The first kappa shape index (κ1) is 12.4. The number of hydrogen-bond acceptors (Lipinski definition) is 0. The lowest BCUT2D eigenvalue weighted by Crippen LogP contribution is -2.39. The maximum absolute atomic E-state index is 14.1. The van der Waals surface area contributed by atoms with Gasteiger partial charge in [0.1, 0.15) is 5.41 Å². The van der Waals surface area contributed by atoms with Crippen LogP contribution in [-0.2, 0) is 0 Å². The van der Waals surface area contributed by atoms with E-state index in [4.69, 9.17) is 0 Å². The van der Waals surface area contributed by atoms with E-state index in [9.17, 15) is 4.39 Å². The molecule has 0 aromatic carbocycles. The van der Waals surface area contributed by atoms with E-state index in [1.54, 1.807) is 0 Å². The highest BCUT2D eigenvalue weighted by Crippen LogP contribution is 2.48. The van der Waals surface area contributed by atoms with E-state index in [0.717, 1.165) is 12.8 Å². The summed E-state index contributed by atoms with van der Waals surface area (Å²) in [6.07, 6.45) is 1.98. The summed E-state index contributed by atoms with van der Waals surface area (Å²) in [5, 5.41) is -1.14. The molecular formula is C10H22FP. The van der Waals surface area contributed by atoms with E-state index in [-0.39, 0.29) is 11.3 Å². The van der Waals surface area contributed by atoms with E-state index in [2.05, 4.69) is 16.2 Å². The fraction of sp³-hybridized carbons (Fsp3) is 1.00. The van der Waals surface area contributed by atoms with Crippen LogP contribution in [0.4, 0.5) is 4.39 Å². The van der Waals surface area contributed by atoms with Gasteiger partial charge >= 0.3 is 0 Å². The van der Waals surface area contributed by atoms with Gasteiger partial charge in [0, 0.05) is 5.41 Å². The summed E-state index contributed by atoms with van der Waals surface area (Å²) in [7, 11) is 2.38. The zero-order valence-corrected chi connectivity index (χ0v) is 10.1. The Hall–Kier alpha value is 0.360. The van der Waals surface area contributed by atoms with E-state index in [1.807, 2.05) is 27.7 Å². The second kappa shape index (κ2) is 4.05. The molecule has 0 bridgehead atoms. The van der Waals surface area contributed by atoms with Crippen molar-refractivity contribution in [3.05, 3.63) is 0 Å². The lowest BCUT2D eigenvalue weighted by atomic mass is 9.78. The third-order valence-corrected chi connectivity index (χ3v) is 4.20. The Morgan fingerprint density at radius 2 is 1.75 bits per heavy atom. The molecule has 0 rings (SSSR count). The van der Waals surface area contributed by atoms with Gasteiger partial charge in [0.15, 0.2) is 0 Å². The highest BCUT2D eigenvalue weighted by molar-refractivity contribution is 7.18. The molecule has 0 aromatic rings. The molecule has 0 radical (unpaired) electrons. The highest BCUT2D eigenvalue weighted by Gasteiger charge is 2.43. The molecule has 74 valence electrons. The van der Waals surface area contributed by atoms with Crippen molar-refractivity contribution in [2.24, 2.45) is 11.3 Å². The molecule has 2 heteroatoms. The maximum atomic E-state index is 14.1. The summed E-state index contributed by atoms with van der Waals surface area (Å²) in [5.74, 6) is 0.0593. The molecule has 0 spiro atoms. The van der Waals surface area contributed by atoms with Crippen LogP contribution in [0.5, 0.6) is 0 Å². The Morgan fingerprint density at radius 1 is 1.33 bits per heavy atom. The molecule has 0 aromatic heterocycles. The molecule has 0 heterocycles. The third kappa shape index (κ3) is 2.42. The molecule has 0 amide bonds. The molecule has 0 saturated carbocycles. The first-order valence-electron chi connectivity index (χ1n) is 4.73. The lowest BCUT2D eigenvalue weighted by Gasteiger charge is -2.40. The van der Waals surface area contributed by atoms with Crippen LogP contribution in [0.2, 0.25) is 0 Å². The SMILES string of the molecule is CCCC(C)(C)C(F)(P)C(C)C. The van der Waals surface area contributed by atoms with Crippen LogP contribution >= 0.6 is 9.24 Å². The van der Waals surface area contributed by atoms with Gasteiger partial charge in [-0.2, -0.15) is 0 Å². The molecule has 12 heavy (non-hydrogen) atoms. The van der Waals surface area contributed by atoms with Crippen molar-refractivity contribution in [1.29, 1.82) is 0 Å². The minimum Gasteiger partial charge on any atom is -0.239 e. The number of hydrogen-bond donors (Lipinski definition) is 0. The van der Waals surface area contributed by atoms with Gasteiger partial charge in [0.25, 0.3) is 0 Å². The van der Waals surface area contributed by atoms with E-state index < -0.39 is 5.41 Å². The van der Waals surface area contributed by atoms with Gasteiger partial charge in [-0.1, -0.05) is 50.3 Å². The van der Waals surface area contributed by atoms with Crippen LogP contribution in [0.1, 0.15) is 47.5 Å². The average molecular weight is 192 g/mol. The van der Waals surface area contributed by atoms with Gasteiger partial charge in [0.05, 0.1) is 0 Å². The predicted molar refractivity (Wildman–Crippen MR) is 57.1 cm³/mol. The van der Waals surface area contributed by atoms with Crippen molar-refractivity contribution >= 4 is 9.24 Å². The minimum atomic E-state index is -1.14. The smallest absolute Gasteiger partial charge is 0.131 e. The topological polar surface area (TPSA) is 0 Å². The van der Waals surface area contributed by atoms with Crippen molar-refractivity contribution in [3.8, 4) is 0 Å². The summed E-state index contributed by atoms with van der Waals surface area (Å²) < 4.78 is 14.1. The summed E-state index contributed by atoms with van der Waals surface area (Å²) in [5.41, 5.74) is -0.236. The second-order valence-electron chi connectivity index (χ2n) is 4.56. The zero-order valence-electron chi connectivity index (χ0n) is 8.95. The Morgan fingerprint density at radius 3 is 2.00 bits per heavy atom. The first-order valence-corrected chi connectivity index (χ1v) is 5.31. The normalized spacial score (nSPS) is 18.0. The largest absolute Gasteiger partial charge is 0.239 e. The fourth-order valence-corrected chi connectivity index (χ4v) is 1.74. The van der Waals surface area contributed by atoms with Crippen LogP contribution < -0.4 is 0 Å². The first-order chi connectivity index (χ1) is 5.25. The molecular weight excluding hydrogens is 170 g/mol. The zero-order chi connectivity index (χ0) is 9.99. The van der Waals surface area contributed by atoms with Crippen molar-refractivity contribution in [1.82, 2.24) is 0 Å². The van der Waals surface area contributed by atoms with Crippen molar-refractivity contribution in [2.75, 3.05) is 0 Å². The predicted octanol–water partition coefficient (Wildman–Crippen LogP) is 4.01. The van der Waals surface area contributed by atoms with Crippen LogP contribution in [0, 0.1) is 11.3 Å². The number of alkyl halides is 1. The Balaban J connectivity index is 4.50. The quantitative estimate of drug-likeness (QED) is 0.590. The molecule has 2 atom stereocenters. The van der Waals surface area contributed by atoms with Crippen molar-refractivity contribution in [2.45, 2.75) is 52.9 Å².